The Labute approximate surface area is 159 Å². The maximum absolute atomic E-state index is 12.3. The van der Waals surface area contributed by atoms with E-state index >= 15 is 0 Å². The van der Waals surface area contributed by atoms with Gasteiger partial charge >= 0.3 is 0 Å². The Balaban J connectivity index is 0.000000481. The van der Waals surface area contributed by atoms with Crippen molar-refractivity contribution in [2.24, 2.45) is 0 Å². The largest absolute Gasteiger partial charge is 0.332 e. The highest BCUT2D eigenvalue weighted by Crippen LogP contribution is 2.43. The van der Waals surface area contributed by atoms with Crippen molar-refractivity contribution < 1.29 is 15.1 Å². The molecular formula is C18H16N4O4S. The predicted octanol–water partition coefficient (Wildman–Crippen LogP) is 3.58. The third-order valence-corrected chi connectivity index (χ3v) is 5.16. The molecule has 27 heavy (non-hydrogen) atoms. The average Bonchev–Trinajstić information content (AvgIpc) is 3.26. The van der Waals surface area contributed by atoms with Crippen molar-refractivity contribution in [3.63, 3.8) is 0 Å². The summed E-state index contributed by atoms with van der Waals surface area (Å²) in [6.07, 6.45) is 5.72. The number of nitrogens with zero attached hydrogens (tertiary/aromatic N) is 3. The molecule has 0 radical (unpaired) electrons. The van der Waals surface area contributed by atoms with E-state index in [1.54, 1.807) is 6.20 Å². The number of thioether (sulfide) groups is 1. The Morgan fingerprint density at radius 2 is 2.00 bits per heavy atom. The van der Waals surface area contributed by atoms with Crippen LogP contribution in [-0.4, -0.2) is 25.8 Å². The van der Waals surface area contributed by atoms with Crippen LogP contribution in [0.3, 0.4) is 0 Å². The predicted molar refractivity (Wildman–Crippen MR) is 101 cm³/mol. The van der Waals surface area contributed by atoms with Crippen molar-refractivity contribution in [3.05, 3.63) is 94.1 Å². The number of nitrogens with one attached hydrogen (secondary N) is 1. The lowest BCUT2D eigenvalue weighted by Crippen LogP contribution is -2.12. The van der Waals surface area contributed by atoms with E-state index in [1.807, 2.05) is 66.6 Å². The van der Waals surface area contributed by atoms with Gasteiger partial charge in [-0.15, -0.1) is 21.9 Å². The number of carbonyl (C=O) groups is 1. The summed E-state index contributed by atoms with van der Waals surface area (Å²) in [4.78, 5) is 24.9. The van der Waals surface area contributed by atoms with Crippen LogP contribution in [0, 0.1) is 10.1 Å². The summed E-state index contributed by atoms with van der Waals surface area (Å²) in [5.41, 5.74) is 3.88. The fourth-order valence-electron chi connectivity index (χ4n) is 2.77. The molecule has 1 atom stereocenters. The highest BCUT2D eigenvalue weighted by atomic mass is 32.2. The van der Waals surface area contributed by atoms with E-state index in [1.165, 1.54) is 5.56 Å². The van der Waals surface area contributed by atoms with E-state index in [9.17, 15) is 4.79 Å². The lowest BCUT2D eigenvalue weighted by atomic mass is 10.2. The molecule has 2 N–H and O–H groups in total. The zero-order valence-corrected chi connectivity index (χ0v) is 14.9. The molecule has 1 aliphatic heterocycles. The van der Waals surface area contributed by atoms with Crippen LogP contribution in [-0.2, 0) is 5.75 Å². The van der Waals surface area contributed by atoms with E-state index in [2.05, 4.69) is 20.9 Å². The third-order valence-electron chi connectivity index (χ3n) is 3.91. The Morgan fingerprint density at radius 3 is 2.67 bits per heavy atom. The molecule has 1 unspecified atom stereocenters. The van der Waals surface area contributed by atoms with E-state index in [-0.39, 0.29) is 11.3 Å². The molecule has 1 aliphatic rings. The number of pyridine rings is 1. The molecule has 0 spiro atoms. The van der Waals surface area contributed by atoms with Crippen LogP contribution in [0.2, 0.25) is 0 Å². The molecule has 4 rings (SSSR count). The van der Waals surface area contributed by atoms with Gasteiger partial charge in [0, 0.05) is 35.5 Å². The maximum atomic E-state index is 12.3. The number of aromatic nitrogens is 2. The van der Waals surface area contributed by atoms with Crippen LogP contribution < -0.4 is 5.32 Å². The second kappa shape index (κ2) is 8.37. The molecule has 3 heterocycles. The van der Waals surface area contributed by atoms with Gasteiger partial charge in [0.15, 0.2) is 0 Å². The topological polar surface area (TPSA) is 110 Å². The number of rotatable bonds is 3. The molecule has 0 fully saturated rings. The first-order valence-corrected chi connectivity index (χ1v) is 9.02. The third kappa shape index (κ3) is 4.45. The van der Waals surface area contributed by atoms with Crippen molar-refractivity contribution in [1.29, 1.82) is 0 Å². The summed E-state index contributed by atoms with van der Waals surface area (Å²) in [6, 6.07) is 15.3. The molecular weight excluding hydrogens is 368 g/mol. The van der Waals surface area contributed by atoms with E-state index < -0.39 is 5.09 Å². The fraction of sp³-hybridized carbons (Fsp3) is 0.111. The summed E-state index contributed by atoms with van der Waals surface area (Å²) in [5.74, 6) is 0.797. The number of benzene rings is 1. The summed E-state index contributed by atoms with van der Waals surface area (Å²) in [6.45, 7) is 0. The number of amides is 1. The number of hydrogen-bond donors (Lipinski definition) is 2. The highest BCUT2D eigenvalue weighted by Gasteiger charge is 2.26. The minimum absolute atomic E-state index is 0.0746. The number of hydrogen-bond acceptors (Lipinski definition) is 5. The van der Waals surface area contributed by atoms with Crippen molar-refractivity contribution in [3.8, 4) is 0 Å². The quantitative estimate of drug-likeness (QED) is 0.527. The molecule has 1 aromatic carbocycles. The smallest absolute Gasteiger partial charge is 0.291 e. The monoisotopic (exact) mass is 384 g/mol. The van der Waals surface area contributed by atoms with Crippen LogP contribution in [0.15, 0.2) is 67.1 Å². The van der Waals surface area contributed by atoms with Crippen LogP contribution in [0.25, 0.3) is 0 Å². The first-order chi connectivity index (χ1) is 13.1. The van der Waals surface area contributed by atoms with Crippen LogP contribution in [0.4, 0.5) is 5.69 Å². The lowest BCUT2D eigenvalue weighted by Gasteiger charge is -2.12. The molecule has 3 aromatic rings. The molecule has 9 heteroatoms. The van der Waals surface area contributed by atoms with Gasteiger partial charge in [0.25, 0.3) is 11.0 Å². The minimum atomic E-state index is -1.50. The van der Waals surface area contributed by atoms with E-state index in [0.717, 1.165) is 17.1 Å². The number of anilines is 1. The van der Waals surface area contributed by atoms with Gasteiger partial charge in [-0.05, 0) is 24.3 Å². The maximum Gasteiger partial charge on any atom is 0.291 e. The SMILES string of the molecule is O=C(Nc1ccn2c1CSC2c1cccnc1)c1ccccc1.O=[N+]([O-])O. The minimum Gasteiger partial charge on any atom is -0.332 e. The zero-order valence-electron chi connectivity index (χ0n) is 14.1. The van der Waals surface area contributed by atoms with Crippen molar-refractivity contribution in [1.82, 2.24) is 9.55 Å². The van der Waals surface area contributed by atoms with E-state index in [4.69, 9.17) is 15.3 Å². The van der Waals surface area contributed by atoms with Crippen molar-refractivity contribution in [2.75, 3.05) is 5.32 Å². The normalized spacial score (nSPS) is 14.6. The van der Waals surface area contributed by atoms with Gasteiger partial charge in [0.2, 0.25) is 0 Å². The molecule has 138 valence electrons. The van der Waals surface area contributed by atoms with Crippen LogP contribution in [0.1, 0.15) is 27.0 Å². The summed E-state index contributed by atoms with van der Waals surface area (Å²) >= 11 is 1.84. The first kappa shape index (κ1) is 18.5. The summed E-state index contributed by atoms with van der Waals surface area (Å²) in [5, 5.41) is 16.9. The molecule has 0 saturated heterocycles. The number of fused-ring (bicyclic) bond motifs is 1. The van der Waals surface area contributed by atoms with Crippen molar-refractivity contribution >= 4 is 23.4 Å². The lowest BCUT2D eigenvalue weighted by molar-refractivity contribution is -0.742. The molecule has 0 bridgehead atoms. The number of carbonyl (C=O) groups excluding carboxylic acids is 1. The van der Waals surface area contributed by atoms with Gasteiger partial charge in [-0.2, -0.15) is 0 Å². The van der Waals surface area contributed by atoms with Gasteiger partial charge in [-0.3, -0.25) is 9.78 Å². The Bertz CT molecular complexity index is 927. The molecule has 0 aliphatic carbocycles. The van der Waals surface area contributed by atoms with Gasteiger partial charge in [-0.1, -0.05) is 24.3 Å². The first-order valence-electron chi connectivity index (χ1n) is 7.97. The molecule has 1 amide bonds. The van der Waals surface area contributed by atoms with Gasteiger partial charge in [0.1, 0.15) is 5.37 Å². The Kier molecular flexibility index (Phi) is 5.72. The summed E-state index contributed by atoms with van der Waals surface area (Å²) in [7, 11) is 0. The van der Waals surface area contributed by atoms with Gasteiger partial charge in [-0.25, -0.2) is 0 Å². The molecule has 2 aromatic heterocycles. The highest BCUT2D eigenvalue weighted by molar-refractivity contribution is 7.99. The van der Waals surface area contributed by atoms with Crippen LogP contribution >= 0.6 is 11.8 Å². The standard InChI is InChI=1S/C18H15N3OS.HNO3/c22-17(13-5-2-1-3-6-13)20-15-8-10-21-16(15)12-23-18(21)14-7-4-9-19-11-14;2-1(3)4/h1-11,18H,12H2,(H,20,22);(H,2,3,4). The Morgan fingerprint density at radius 1 is 1.26 bits per heavy atom. The van der Waals surface area contributed by atoms with Gasteiger partial charge < -0.3 is 15.1 Å². The van der Waals surface area contributed by atoms with E-state index in [0.29, 0.717) is 5.56 Å². The van der Waals surface area contributed by atoms with Crippen LogP contribution in [0.5, 0.6) is 0 Å². The van der Waals surface area contributed by atoms with Gasteiger partial charge in [0.05, 0.1) is 11.4 Å². The second-order valence-corrected chi connectivity index (χ2v) is 6.66. The molecule has 0 saturated carbocycles. The average molecular weight is 384 g/mol. The second-order valence-electron chi connectivity index (χ2n) is 5.59. The van der Waals surface area contributed by atoms with Crippen molar-refractivity contribution in [2.45, 2.75) is 11.1 Å². The fourth-order valence-corrected chi connectivity index (χ4v) is 4.08. The zero-order chi connectivity index (χ0) is 19.2. The summed E-state index contributed by atoms with van der Waals surface area (Å²) < 4.78 is 2.21. The Hall–Kier alpha value is -3.33. The molecule has 8 nitrogen and oxygen atoms in total.